The van der Waals surface area contributed by atoms with Crippen molar-refractivity contribution in [2.24, 2.45) is 11.8 Å². The molecule has 0 saturated carbocycles. The number of rotatable bonds is 4. The van der Waals surface area contributed by atoms with Gasteiger partial charge in [-0.1, -0.05) is 6.92 Å². The molecule has 2 rings (SSSR count). The predicted molar refractivity (Wildman–Crippen MR) is 83.3 cm³/mol. The molecule has 4 nitrogen and oxygen atoms in total. The lowest BCUT2D eigenvalue weighted by Gasteiger charge is -2.22. The fraction of sp³-hybridized carbons (Fsp3) is 0.923. The number of piperidine rings is 1. The van der Waals surface area contributed by atoms with Crippen molar-refractivity contribution in [2.75, 3.05) is 39.3 Å². The Labute approximate surface area is 128 Å². The van der Waals surface area contributed by atoms with Gasteiger partial charge in [0.25, 0.3) is 0 Å². The lowest BCUT2D eigenvalue weighted by atomic mass is 9.97. The van der Waals surface area contributed by atoms with Gasteiger partial charge in [-0.2, -0.15) is 0 Å². The van der Waals surface area contributed by atoms with E-state index in [0.29, 0.717) is 5.92 Å². The van der Waals surface area contributed by atoms with Gasteiger partial charge in [0.15, 0.2) is 0 Å². The summed E-state index contributed by atoms with van der Waals surface area (Å²) >= 11 is 0. The Morgan fingerprint density at radius 2 is 1.95 bits per heavy atom. The van der Waals surface area contributed by atoms with Gasteiger partial charge in [-0.3, -0.25) is 4.79 Å². The van der Waals surface area contributed by atoms with Crippen LogP contribution < -0.4 is 10.6 Å². The van der Waals surface area contributed by atoms with Gasteiger partial charge >= 0.3 is 0 Å². The van der Waals surface area contributed by atoms with Crippen LogP contribution in [0.5, 0.6) is 0 Å². The monoisotopic (exact) mass is 311 g/mol. The fourth-order valence-corrected chi connectivity index (χ4v) is 2.84. The van der Waals surface area contributed by atoms with Crippen molar-refractivity contribution in [3.8, 4) is 0 Å². The third-order valence-electron chi connectivity index (χ3n) is 4.09. The van der Waals surface area contributed by atoms with Crippen molar-refractivity contribution >= 4 is 30.7 Å². The molecule has 2 heterocycles. The van der Waals surface area contributed by atoms with Gasteiger partial charge in [-0.15, -0.1) is 24.8 Å². The van der Waals surface area contributed by atoms with Crippen LogP contribution in [0.3, 0.4) is 0 Å². The van der Waals surface area contributed by atoms with E-state index in [2.05, 4.69) is 22.5 Å². The second-order valence-corrected chi connectivity index (χ2v) is 5.32. The van der Waals surface area contributed by atoms with Crippen molar-refractivity contribution in [1.29, 1.82) is 0 Å². The normalized spacial score (nSPS) is 24.4. The number of hydrogen-bond donors (Lipinski definition) is 2. The van der Waals surface area contributed by atoms with Crippen LogP contribution in [0.15, 0.2) is 0 Å². The minimum absolute atomic E-state index is 0. The lowest BCUT2D eigenvalue weighted by Crippen LogP contribution is -2.40. The Bertz CT molecular complexity index is 260. The smallest absolute Gasteiger partial charge is 0.223 e. The van der Waals surface area contributed by atoms with E-state index in [1.165, 1.54) is 13.0 Å². The summed E-state index contributed by atoms with van der Waals surface area (Å²) in [5, 5.41) is 6.44. The van der Waals surface area contributed by atoms with Crippen LogP contribution in [-0.4, -0.2) is 50.1 Å². The molecule has 2 aliphatic rings. The van der Waals surface area contributed by atoms with E-state index in [1.54, 1.807) is 0 Å². The summed E-state index contributed by atoms with van der Waals surface area (Å²) in [6, 6.07) is 0. The summed E-state index contributed by atoms with van der Waals surface area (Å²) < 4.78 is 0. The van der Waals surface area contributed by atoms with Gasteiger partial charge in [0, 0.05) is 19.0 Å². The number of halogens is 2. The summed E-state index contributed by atoms with van der Waals surface area (Å²) in [6.45, 7) is 8.55. The number of amides is 1. The van der Waals surface area contributed by atoms with Crippen molar-refractivity contribution in [1.82, 2.24) is 15.5 Å². The molecule has 0 aromatic rings. The minimum Gasteiger partial charge on any atom is -0.356 e. The summed E-state index contributed by atoms with van der Waals surface area (Å²) in [4.78, 5) is 14.4. The van der Waals surface area contributed by atoms with E-state index in [9.17, 15) is 4.79 Å². The van der Waals surface area contributed by atoms with Crippen molar-refractivity contribution in [2.45, 2.75) is 26.2 Å². The topological polar surface area (TPSA) is 44.4 Å². The quantitative estimate of drug-likeness (QED) is 0.822. The van der Waals surface area contributed by atoms with E-state index in [1.807, 2.05) is 0 Å². The van der Waals surface area contributed by atoms with Crippen LogP contribution >= 0.6 is 24.8 Å². The number of hydrogen-bond acceptors (Lipinski definition) is 3. The average Bonchev–Trinajstić information content (AvgIpc) is 2.85. The zero-order valence-corrected chi connectivity index (χ0v) is 13.3. The van der Waals surface area contributed by atoms with E-state index < -0.39 is 0 Å². The maximum absolute atomic E-state index is 12.0. The highest BCUT2D eigenvalue weighted by Crippen LogP contribution is 2.16. The largest absolute Gasteiger partial charge is 0.356 e. The molecule has 0 bridgehead atoms. The molecule has 2 N–H and O–H groups in total. The van der Waals surface area contributed by atoms with Gasteiger partial charge < -0.3 is 15.5 Å². The van der Waals surface area contributed by atoms with Gasteiger partial charge in [0.05, 0.1) is 0 Å². The van der Waals surface area contributed by atoms with E-state index in [-0.39, 0.29) is 36.6 Å². The van der Waals surface area contributed by atoms with Crippen LogP contribution in [0.1, 0.15) is 26.2 Å². The second-order valence-electron chi connectivity index (χ2n) is 5.32. The molecule has 2 saturated heterocycles. The maximum Gasteiger partial charge on any atom is 0.223 e. The molecule has 0 spiro atoms. The zero-order chi connectivity index (χ0) is 12.1. The third-order valence-corrected chi connectivity index (χ3v) is 4.09. The first kappa shape index (κ1) is 19.0. The van der Waals surface area contributed by atoms with Gasteiger partial charge in [0.2, 0.25) is 5.91 Å². The van der Waals surface area contributed by atoms with Crippen LogP contribution in [0.2, 0.25) is 0 Å². The summed E-state index contributed by atoms with van der Waals surface area (Å²) in [6.07, 6.45) is 3.23. The highest BCUT2D eigenvalue weighted by atomic mass is 35.5. The number of carbonyl (C=O) groups is 1. The van der Waals surface area contributed by atoms with Gasteiger partial charge in [0.1, 0.15) is 0 Å². The minimum atomic E-state index is 0. The van der Waals surface area contributed by atoms with Crippen LogP contribution in [-0.2, 0) is 4.79 Å². The van der Waals surface area contributed by atoms with E-state index in [0.717, 1.165) is 45.6 Å². The number of carbonyl (C=O) groups excluding carboxylic acids is 1. The van der Waals surface area contributed by atoms with Crippen molar-refractivity contribution < 1.29 is 4.79 Å². The Morgan fingerprint density at radius 3 is 2.53 bits per heavy atom. The Morgan fingerprint density at radius 1 is 1.26 bits per heavy atom. The molecule has 1 amide bonds. The first-order valence-electron chi connectivity index (χ1n) is 7.00. The molecule has 1 unspecified atom stereocenters. The number of likely N-dealkylation sites (tertiary alicyclic amines) is 1. The Hall–Kier alpha value is -0.0300. The van der Waals surface area contributed by atoms with Crippen molar-refractivity contribution in [3.05, 3.63) is 0 Å². The molecule has 0 aliphatic carbocycles. The first-order valence-corrected chi connectivity index (χ1v) is 7.00. The highest BCUT2D eigenvalue weighted by molar-refractivity contribution is 5.85. The lowest BCUT2D eigenvalue weighted by molar-refractivity contribution is -0.125. The summed E-state index contributed by atoms with van der Waals surface area (Å²) in [5.41, 5.74) is 0. The molecule has 114 valence electrons. The molecular weight excluding hydrogens is 285 g/mol. The predicted octanol–water partition coefficient (Wildman–Crippen LogP) is 1.29. The molecule has 0 aromatic carbocycles. The average molecular weight is 312 g/mol. The Balaban J connectivity index is 0.00000162. The summed E-state index contributed by atoms with van der Waals surface area (Å²) in [5.74, 6) is 1.20. The van der Waals surface area contributed by atoms with Crippen LogP contribution in [0, 0.1) is 11.8 Å². The second kappa shape index (κ2) is 9.81. The molecule has 2 aliphatic heterocycles. The van der Waals surface area contributed by atoms with E-state index in [4.69, 9.17) is 0 Å². The molecule has 0 radical (unpaired) electrons. The van der Waals surface area contributed by atoms with Crippen LogP contribution in [0.25, 0.3) is 0 Å². The molecule has 0 aromatic heterocycles. The highest BCUT2D eigenvalue weighted by Gasteiger charge is 2.24. The molecule has 2 fully saturated rings. The standard InChI is InChI=1S/C13H25N3O.2ClH/c1-2-16-8-5-11(10-16)9-15-13(17)12-3-6-14-7-4-12;;/h11-12,14H,2-10H2,1H3,(H,15,17);2*1H. The summed E-state index contributed by atoms with van der Waals surface area (Å²) in [7, 11) is 0. The van der Waals surface area contributed by atoms with E-state index >= 15 is 0 Å². The zero-order valence-electron chi connectivity index (χ0n) is 11.7. The van der Waals surface area contributed by atoms with Crippen LogP contribution in [0.4, 0.5) is 0 Å². The molecule has 6 heteroatoms. The third kappa shape index (κ3) is 5.86. The van der Waals surface area contributed by atoms with Gasteiger partial charge in [-0.25, -0.2) is 0 Å². The number of nitrogens with zero attached hydrogens (tertiary/aromatic N) is 1. The number of nitrogens with one attached hydrogen (secondary N) is 2. The van der Waals surface area contributed by atoms with Gasteiger partial charge in [-0.05, 0) is 51.4 Å². The molecular formula is C13H27Cl2N3O. The Kier molecular flexibility index (Phi) is 9.79. The van der Waals surface area contributed by atoms with Crippen molar-refractivity contribution in [3.63, 3.8) is 0 Å². The molecule has 1 atom stereocenters. The SMILES string of the molecule is CCN1CCC(CNC(=O)C2CCNCC2)C1.Cl.Cl. The first-order chi connectivity index (χ1) is 8.29. The maximum atomic E-state index is 12.0. The fourth-order valence-electron chi connectivity index (χ4n) is 2.84. The molecule has 19 heavy (non-hydrogen) atoms.